The molecule has 6 nitrogen and oxygen atoms in total. The molecule has 0 aromatic carbocycles. The molecule has 3 heterocycles. The molecule has 0 aliphatic carbocycles. The van der Waals surface area contributed by atoms with Crippen LogP contribution in [0.5, 0.6) is 0 Å². The number of ether oxygens (including phenoxy) is 1. The number of aliphatic imine (C=N–C) groups is 1. The van der Waals surface area contributed by atoms with Crippen molar-refractivity contribution in [3.63, 3.8) is 0 Å². The summed E-state index contributed by atoms with van der Waals surface area (Å²) in [4.78, 5) is 7.78. The third kappa shape index (κ3) is 2.39. The number of nitrogens with zero attached hydrogens (tertiary/aromatic N) is 4. The lowest BCUT2D eigenvalue weighted by Gasteiger charge is -2.27. The standard InChI is InChI=1S/C12H14IN5OS/c1-17-11(15-7-16-17)10-9(13)8(6-14)12(20-10)18-2-4-19-5-3-18/h7,11H,2-5H2,1H3,(H,15,16). The SMILES string of the molecule is CN1NC=NC1c1sc(N2CCOCC2)c(C#N)c1I. The number of thiophene rings is 1. The first kappa shape index (κ1) is 14.1. The molecular formula is C12H14IN5OS. The van der Waals surface area contributed by atoms with Gasteiger partial charge in [0.25, 0.3) is 0 Å². The molecule has 8 heteroatoms. The fraction of sp³-hybridized carbons (Fsp3) is 0.500. The Kier molecular flexibility index (Phi) is 4.11. The average molecular weight is 403 g/mol. The lowest BCUT2D eigenvalue weighted by atomic mass is 10.2. The molecule has 20 heavy (non-hydrogen) atoms. The van der Waals surface area contributed by atoms with Crippen molar-refractivity contribution in [2.45, 2.75) is 6.17 Å². The molecule has 106 valence electrons. The highest BCUT2D eigenvalue weighted by atomic mass is 127. The van der Waals surface area contributed by atoms with Crippen molar-refractivity contribution in [3.8, 4) is 6.07 Å². The second kappa shape index (κ2) is 5.85. The predicted octanol–water partition coefficient (Wildman–Crippen LogP) is 1.54. The van der Waals surface area contributed by atoms with Crippen LogP contribution in [0.25, 0.3) is 0 Å². The Labute approximate surface area is 135 Å². The first-order valence-corrected chi connectivity index (χ1v) is 8.17. The summed E-state index contributed by atoms with van der Waals surface area (Å²) in [7, 11) is 1.95. The number of nitrogens with one attached hydrogen (secondary N) is 1. The first-order valence-electron chi connectivity index (χ1n) is 6.28. The Morgan fingerprint density at radius 1 is 1.55 bits per heavy atom. The van der Waals surface area contributed by atoms with E-state index in [1.807, 2.05) is 12.1 Å². The zero-order chi connectivity index (χ0) is 14.1. The van der Waals surface area contributed by atoms with Crippen molar-refractivity contribution in [1.29, 1.82) is 5.26 Å². The van der Waals surface area contributed by atoms with E-state index in [1.165, 1.54) is 0 Å². The zero-order valence-corrected chi connectivity index (χ0v) is 13.9. The molecule has 0 spiro atoms. The highest BCUT2D eigenvalue weighted by molar-refractivity contribution is 14.1. The molecule has 2 aliphatic heterocycles. The largest absolute Gasteiger partial charge is 0.378 e. The first-order chi connectivity index (χ1) is 9.72. The number of rotatable bonds is 2. The van der Waals surface area contributed by atoms with Crippen LogP contribution in [0.1, 0.15) is 16.6 Å². The average Bonchev–Trinajstić information content (AvgIpc) is 3.03. The number of hydrogen-bond donors (Lipinski definition) is 1. The summed E-state index contributed by atoms with van der Waals surface area (Å²) in [5.41, 5.74) is 3.82. The lowest BCUT2D eigenvalue weighted by Crippen LogP contribution is -2.36. The number of halogens is 1. The van der Waals surface area contributed by atoms with E-state index in [9.17, 15) is 5.26 Å². The van der Waals surface area contributed by atoms with Crippen LogP contribution in [0.2, 0.25) is 0 Å². The summed E-state index contributed by atoms with van der Waals surface area (Å²) in [6.45, 7) is 3.12. The van der Waals surface area contributed by atoms with Crippen LogP contribution in [0.4, 0.5) is 5.00 Å². The smallest absolute Gasteiger partial charge is 0.156 e. The third-order valence-electron chi connectivity index (χ3n) is 3.34. The van der Waals surface area contributed by atoms with Gasteiger partial charge in [0.15, 0.2) is 6.17 Å². The van der Waals surface area contributed by atoms with E-state index in [-0.39, 0.29) is 6.17 Å². The molecule has 0 saturated carbocycles. The van der Waals surface area contributed by atoms with E-state index in [1.54, 1.807) is 17.7 Å². The summed E-state index contributed by atoms with van der Waals surface area (Å²) in [5.74, 6) is 0. The molecule has 1 saturated heterocycles. The monoisotopic (exact) mass is 403 g/mol. The van der Waals surface area contributed by atoms with Crippen molar-refractivity contribution >= 4 is 45.3 Å². The molecule has 1 aromatic rings. The Morgan fingerprint density at radius 2 is 2.30 bits per heavy atom. The van der Waals surface area contributed by atoms with Crippen molar-refractivity contribution in [1.82, 2.24) is 10.4 Å². The van der Waals surface area contributed by atoms with E-state index in [0.717, 1.165) is 45.3 Å². The van der Waals surface area contributed by atoms with Gasteiger partial charge in [-0.15, -0.1) is 11.3 Å². The molecule has 3 rings (SSSR count). The minimum atomic E-state index is -0.0474. The minimum absolute atomic E-state index is 0.0474. The normalized spacial score (nSPS) is 22.9. The fourth-order valence-electron chi connectivity index (χ4n) is 2.28. The quantitative estimate of drug-likeness (QED) is 0.760. The van der Waals surface area contributed by atoms with E-state index >= 15 is 0 Å². The van der Waals surface area contributed by atoms with Crippen molar-refractivity contribution in [3.05, 3.63) is 14.0 Å². The maximum absolute atomic E-state index is 9.48. The molecule has 0 bridgehead atoms. The molecular weight excluding hydrogens is 389 g/mol. The van der Waals surface area contributed by atoms with Gasteiger partial charge < -0.3 is 15.1 Å². The van der Waals surface area contributed by atoms with E-state index in [2.05, 4.69) is 44.0 Å². The maximum atomic E-state index is 9.48. The lowest BCUT2D eigenvalue weighted by molar-refractivity contribution is 0.123. The second-order valence-electron chi connectivity index (χ2n) is 4.56. The summed E-state index contributed by atoms with van der Waals surface area (Å²) in [6, 6.07) is 2.35. The van der Waals surface area contributed by atoms with Crippen LogP contribution in [0, 0.1) is 14.9 Å². The number of hydrazine groups is 1. The fourth-order valence-corrected chi connectivity index (χ4v) is 4.73. The molecule has 0 radical (unpaired) electrons. The third-order valence-corrected chi connectivity index (χ3v) is 6.12. The number of anilines is 1. The van der Waals surface area contributed by atoms with Gasteiger partial charge in [0.2, 0.25) is 0 Å². The van der Waals surface area contributed by atoms with Crippen LogP contribution in [0.3, 0.4) is 0 Å². The van der Waals surface area contributed by atoms with Crippen LogP contribution in [-0.4, -0.2) is 44.7 Å². The van der Waals surface area contributed by atoms with E-state index in [4.69, 9.17) is 4.74 Å². The van der Waals surface area contributed by atoms with Gasteiger partial charge in [0.05, 0.1) is 28.0 Å². The Balaban J connectivity index is 1.98. The van der Waals surface area contributed by atoms with Gasteiger partial charge in [0.1, 0.15) is 16.6 Å². The van der Waals surface area contributed by atoms with E-state index < -0.39 is 0 Å². The maximum Gasteiger partial charge on any atom is 0.156 e. The summed E-state index contributed by atoms with van der Waals surface area (Å²) in [5, 5.41) is 12.5. The number of hydrogen-bond acceptors (Lipinski definition) is 7. The summed E-state index contributed by atoms with van der Waals surface area (Å²) in [6.07, 6.45) is 1.65. The van der Waals surface area contributed by atoms with Crippen LogP contribution < -0.4 is 10.3 Å². The molecule has 1 aromatic heterocycles. The molecule has 0 amide bonds. The molecule has 1 unspecified atom stereocenters. The summed E-state index contributed by atoms with van der Waals surface area (Å²) >= 11 is 3.92. The Morgan fingerprint density at radius 3 is 2.90 bits per heavy atom. The number of morpholine rings is 1. The highest BCUT2D eigenvalue weighted by Gasteiger charge is 2.29. The van der Waals surface area contributed by atoms with Gasteiger partial charge in [-0.1, -0.05) is 0 Å². The van der Waals surface area contributed by atoms with Crippen LogP contribution in [-0.2, 0) is 4.74 Å². The van der Waals surface area contributed by atoms with Gasteiger partial charge in [0, 0.05) is 20.1 Å². The molecule has 2 aliphatic rings. The van der Waals surface area contributed by atoms with Gasteiger partial charge >= 0.3 is 0 Å². The van der Waals surface area contributed by atoms with Crippen LogP contribution in [0.15, 0.2) is 4.99 Å². The molecule has 1 atom stereocenters. The van der Waals surface area contributed by atoms with Crippen LogP contribution >= 0.6 is 33.9 Å². The van der Waals surface area contributed by atoms with Crippen molar-refractivity contribution < 1.29 is 4.74 Å². The predicted molar refractivity (Wildman–Crippen MR) is 86.9 cm³/mol. The highest BCUT2D eigenvalue weighted by Crippen LogP contribution is 2.42. The zero-order valence-electron chi connectivity index (χ0n) is 11.0. The Hall–Kier alpha value is -0.890. The second-order valence-corrected chi connectivity index (χ2v) is 6.67. The van der Waals surface area contributed by atoms with Gasteiger partial charge in [-0.05, 0) is 22.6 Å². The minimum Gasteiger partial charge on any atom is -0.378 e. The van der Waals surface area contributed by atoms with Crippen molar-refractivity contribution in [2.24, 2.45) is 4.99 Å². The molecule has 1 N–H and O–H groups in total. The topological polar surface area (TPSA) is 63.9 Å². The summed E-state index contributed by atoms with van der Waals surface area (Å²) < 4.78 is 6.39. The van der Waals surface area contributed by atoms with Gasteiger partial charge in [-0.2, -0.15) is 10.3 Å². The van der Waals surface area contributed by atoms with E-state index in [0.29, 0.717) is 0 Å². The molecule has 1 fully saturated rings. The van der Waals surface area contributed by atoms with Gasteiger partial charge in [-0.3, -0.25) is 0 Å². The van der Waals surface area contributed by atoms with Gasteiger partial charge in [-0.25, -0.2) is 4.99 Å². The van der Waals surface area contributed by atoms with Crippen molar-refractivity contribution in [2.75, 3.05) is 38.3 Å². The Bertz CT molecular complexity index is 575. The number of nitriles is 1.